The van der Waals surface area contributed by atoms with Crippen molar-refractivity contribution in [1.29, 1.82) is 0 Å². The van der Waals surface area contributed by atoms with Crippen molar-refractivity contribution in [3.63, 3.8) is 0 Å². The predicted octanol–water partition coefficient (Wildman–Crippen LogP) is 2.72. The van der Waals surface area contributed by atoms with Crippen LogP contribution in [-0.2, 0) is 6.54 Å². The van der Waals surface area contributed by atoms with Crippen LogP contribution in [0.2, 0.25) is 0 Å². The Balaban J connectivity index is 2.22. The maximum atomic E-state index is 10.7. The molecule has 76 valence electrons. The summed E-state index contributed by atoms with van der Waals surface area (Å²) in [6.07, 6.45) is 5.05. The van der Waals surface area contributed by atoms with Gasteiger partial charge in [0.2, 0.25) is 0 Å². The molecule has 0 aliphatic heterocycles. The lowest BCUT2D eigenvalue weighted by molar-refractivity contribution is 0.112. The smallest absolute Gasteiger partial charge is 0.151 e. The molecule has 1 aromatic heterocycles. The van der Waals surface area contributed by atoms with E-state index in [1.807, 2.05) is 13.0 Å². The van der Waals surface area contributed by atoms with Gasteiger partial charge in [0.05, 0.1) is 0 Å². The Kier molecular flexibility index (Phi) is 2.44. The lowest BCUT2D eigenvalue weighted by Crippen LogP contribution is -2.19. The van der Waals surface area contributed by atoms with Gasteiger partial charge in [-0.25, -0.2) is 0 Å². The molecule has 0 radical (unpaired) electrons. The van der Waals surface area contributed by atoms with Crippen molar-refractivity contribution < 1.29 is 4.79 Å². The molecule has 14 heavy (non-hydrogen) atoms. The van der Waals surface area contributed by atoms with E-state index in [-0.39, 0.29) is 0 Å². The second-order valence-electron chi connectivity index (χ2n) is 4.35. The molecule has 0 atom stereocenters. The molecular weight excluding hydrogens is 174 g/mol. The first-order chi connectivity index (χ1) is 6.72. The fourth-order valence-electron chi connectivity index (χ4n) is 2.16. The van der Waals surface area contributed by atoms with Gasteiger partial charge < -0.3 is 4.57 Å². The predicted molar refractivity (Wildman–Crippen MR) is 56.6 cm³/mol. The van der Waals surface area contributed by atoms with Gasteiger partial charge in [0, 0.05) is 23.5 Å². The Labute approximate surface area is 84.9 Å². The van der Waals surface area contributed by atoms with Crippen molar-refractivity contribution in [2.75, 3.05) is 0 Å². The van der Waals surface area contributed by atoms with Gasteiger partial charge in [0.1, 0.15) is 0 Å². The van der Waals surface area contributed by atoms with Crippen LogP contribution in [0.15, 0.2) is 6.07 Å². The number of nitrogens with zero attached hydrogens (tertiary/aromatic N) is 1. The highest BCUT2D eigenvalue weighted by atomic mass is 16.1. The van der Waals surface area contributed by atoms with E-state index in [1.54, 1.807) is 0 Å². The third-order valence-electron chi connectivity index (χ3n) is 3.41. The van der Waals surface area contributed by atoms with Crippen LogP contribution in [0.3, 0.4) is 0 Å². The third kappa shape index (κ3) is 1.49. The Bertz CT molecular complexity index is 347. The number of aldehydes is 1. The summed E-state index contributed by atoms with van der Waals surface area (Å²) < 4.78 is 2.29. The van der Waals surface area contributed by atoms with E-state index in [2.05, 4.69) is 11.5 Å². The van der Waals surface area contributed by atoms with Crippen LogP contribution in [0.5, 0.6) is 0 Å². The molecule has 0 spiro atoms. The van der Waals surface area contributed by atoms with Gasteiger partial charge in [-0.05, 0) is 38.7 Å². The average Bonchev–Trinajstić information content (AvgIpc) is 2.36. The molecule has 1 heterocycles. The molecule has 1 aromatic rings. The third-order valence-corrected chi connectivity index (χ3v) is 3.41. The van der Waals surface area contributed by atoms with Gasteiger partial charge in [-0.3, -0.25) is 4.79 Å². The molecule has 1 fully saturated rings. The van der Waals surface area contributed by atoms with Gasteiger partial charge in [-0.1, -0.05) is 6.42 Å². The van der Waals surface area contributed by atoms with E-state index < -0.39 is 0 Å². The Morgan fingerprint density at radius 3 is 2.64 bits per heavy atom. The quantitative estimate of drug-likeness (QED) is 0.673. The van der Waals surface area contributed by atoms with Crippen molar-refractivity contribution in [2.45, 2.75) is 39.7 Å². The molecule has 0 unspecified atom stereocenters. The van der Waals surface area contributed by atoms with Crippen LogP contribution >= 0.6 is 0 Å². The Morgan fingerprint density at radius 1 is 1.50 bits per heavy atom. The zero-order valence-corrected chi connectivity index (χ0v) is 8.92. The number of aryl methyl sites for hydroxylation is 1. The topological polar surface area (TPSA) is 22.0 Å². The minimum atomic E-state index is 0.847. The largest absolute Gasteiger partial charge is 0.348 e. The molecule has 0 saturated heterocycles. The van der Waals surface area contributed by atoms with Gasteiger partial charge in [-0.15, -0.1) is 0 Å². The number of carbonyl (C=O) groups excluding carboxylic acids is 1. The summed E-state index contributed by atoms with van der Waals surface area (Å²) in [5, 5.41) is 0. The molecule has 1 aliphatic carbocycles. The highest BCUT2D eigenvalue weighted by Crippen LogP contribution is 2.29. The summed E-state index contributed by atoms with van der Waals surface area (Å²) in [6, 6.07) is 1.99. The normalized spacial score (nSPS) is 16.7. The Morgan fingerprint density at radius 2 is 2.21 bits per heavy atom. The molecule has 0 N–H and O–H groups in total. The minimum absolute atomic E-state index is 0.847. The fraction of sp³-hybridized carbons (Fsp3) is 0.583. The highest BCUT2D eigenvalue weighted by Gasteiger charge is 2.19. The lowest BCUT2D eigenvalue weighted by Gasteiger charge is -2.27. The zero-order valence-electron chi connectivity index (χ0n) is 8.92. The van der Waals surface area contributed by atoms with Crippen LogP contribution in [0, 0.1) is 19.8 Å². The second-order valence-corrected chi connectivity index (χ2v) is 4.35. The summed E-state index contributed by atoms with van der Waals surface area (Å²) in [4.78, 5) is 10.7. The van der Waals surface area contributed by atoms with Crippen molar-refractivity contribution in [3.8, 4) is 0 Å². The van der Waals surface area contributed by atoms with E-state index in [1.165, 1.54) is 25.0 Å². The maximum absolute atomic E-state index is 10.7. The van der Waals surface area contributed by atoms with Gasteiger partial charge >= 0.3 is 0 Å². The van der Waals surface area contributed by atoms with Gasteiger partial charge in [0.25, 0.3) is 0 Å². The summed E-state index contributed by atoms with van der Waals surface area (Å²) in [5.41, 5.74) is 3.20. The maximum Gasteiger partial charge on any atom is 0.151 e. The molecule has 0 amide bonds. The first-order valence-corrected chi connectivity index (χ1v) is 5.34. The molecule has 2 heteroatoms. The van der Waals surface area contributed by atoms with Crippen LogP contribution in [-0.4, -0.2) is 10.9 Å². The summed E-state index contributed by atoms with van der Waals surface area (Å²) in [7, 11) is 0. The second kappa shape index (κ2) is 3.60. The molecule has 0 aromatic carbocycles. The molecule has 0 bridgehead atoms. The summed E-state index contributed by atoms with van der Waals surface area (Å²) in [5.74, 6) is 0.847. The van der Waals surface area contributed by atoms with Crippen molar-refractivity contribution in [2.24, 2.45) is 5.92 Å². The molecule has 1 aliphatic rings. The number of carbonyl (C=O) groups is 1. The molecule has 2 nitrogen and oxygen atoms in total. The first-order valence-electron chi connectivity index (χ1n) is 5.34. The number of rotatable bonds is 3. The van der Waals surface area contributed by atoms with Crippen molar-refractivity contribution in [3.05, 3.63) is 23.0 Å². The average molecular weight is 191 g/mol. The highest BCUT2D eigenvalue weighted by molar-refractivity contribution is 5.77. The van der Waals surface area contributed by atoms with Crippen LogP contribution in [0.1, 0.15) is 41.0 Å². The zero-order chi connectivity index (χ0) is 10.1. The molecule has 2 rings (SSSR count). The monoisotopic (exact) mass is 191 g/mol. The van der Waals surface area contributed by atoms with Crippen molar-refractivity contribution >= 4 is 6.29 Å². The van der Waals surface area contributed by atoms with Gasteiger partial charge in [-0.2, -0.15) is 0 Å². The first kappa shape index (κ1) is 9.50. The fourth-order valence-corrected chi connectivity index (χ4v) is 2.16. The minimum Gasteiger partial charge on any atom is -0.348 e. The number of hydrogen-bond donors (Lipinski definition) is 0. The standard InChI is InChI=1S/C12H17NO/c1-9-6-12(8-14)10(2)13(9)7-11-4-3-5-11/h6,8,11H,3-5,7H2,1-2H3. The molecular formula is C12H17NO. The van der Waals surface area contributed by atoms with Crippen LogP contribution in [0.4, 0.5) is 0 Å². The van der Waals surface area contributed by atoms with Crippen LogP contribution < -0.4 is 0 Å². The van der Waals surface area contributed by atoms with E-state index in [0.717, 1.165) is 30.0 Å². The lowest BCUT2D eigenvalue weighted by atomic mass is 9.85. The number of aromatic nitrogens is 1. The SMILES string of the molecule is Cc1cc(C=O)c(C)n1CC1CCC1. The van der Waals surface area contributed by atoms with Gasteiger partial charge in [0.15, 0.2) is 6.29 Å². The van der Waals surface area contributed by atoms with Crippen LogP contribution in [0.25, 0.3) is 0 Å². The molecule has 1 saturated carbocycles. The van der Waals surface area contributed by atoms with E-state index in [9.17, 15) is 4.79 Å². The van der Waals surface area contributed by atoms with E-state index >= 15 is 0 Å². The summed E-state index contributed by atoms with van der Waals surface area (Å²) in [6.45, 7) is 5.22. The van der Waals surface area contributed by atoms with E-state index in [4.69, 9.17) is 0 Å². The number of hydrogen-bond acceptors (Lipinski definition) is 1. The van der Waals surface area contributed by atoms with E-state index in [0.29, 0.717) is 0 Å². The summed E-state index contributed by atoms with van der Waals surface area (Å²) >= 11 is 0. The Hall–Kier alpha value is -1.05. The van der Waals surface area contributed by atoms with Crippen molar-refractivity contribution in [1.82, 2.24) is 4.57 Å².